The molecule has 2 rings (SSSR count). The van der Waals surface area contributed by atoms with Gasteiger partial charge in [0.1, 0.15) is 5.75 Å². The van der Waals surface area contributed by atoms with Crippen molar-refractivity contribution >= 4 is 35.8 Å². The fourth-order valence-electron chi connectivity index (χ4n) is 2.30. The minimum atomic E-state index is -0.114. The zero-order valence-corrected chi connectivity index (χ0v) is 18.0. The van der Waals surface area contributed by atoms with Gasteiger partial charge in [0, 0.05) is 51.2 Å². The van der Waals surface area contributed by atoms with Gasteiger partial charge in [0.25, 0.3) is 5.91 Å². The van der Waals surface area contributed by atoms with Crippen LogP contribution in [0.1, 0.15) is 16.8 Å². The Hall–Kier alpha value is -2.30. The van der Waals surface area contributed by atoms with Crippen molar-refractivity contribution < 1.29 is 9.53 Å². The number of benzene rings is 1. The number of aliphatic imine (C=N–C) groups is 1. The van der Waals surface area contributed by atoms with Gasteiger partial charge < -0.3 is 20.7 Å². The van der Waals surface area contributed by atoms with Gasteiger partial charge in [-0.15, -0.1) is 24.0 Å². The number of ether oxygens (including phenoxy) is 1. The predicted octanol–water partition coefficient (Wildman–Crippen LogP) is 1.49. The van der Waals surface area contributed by atoms with Crippen LogP contribution < -0.4 is 20.7 Å². The summed E-state index contributed by atoms with van der Waals surface area (Å²) in [6.07, 6.45) is 4.66. The van der Waals surface area contributed by atoms with Crippen LogP contribution in [0, 0.1) is 0 Å². The summed E-state index contributed by atoms with van der Waals surface area (Å²) in [5.41, 5.74) is 0.604. The first kappa shape index (κ1) is 22.7. The number of hydrogen-bond acceptors (Lipinski definition) is 4. The molecule has 0 bridgehead atoms. The molecule has 8 nitrogen and oxygen atoms in total. The number of amides is 1. The van der Waals surface area contributed by atoms with Gasteiger partial charge in [-0.05, 0) is 36.8 Å². The van der Waals surface area contributed by atoms with Gasteiger partial charge in [0.05, 0.1) is 7.11 Å². The molecule has 0 fully saturated rings. The predicted molar refractivity (Wildman–Crippen MR) is 117 cm³/mol. The van der Waals surface area contributed by atoms with Gasteiger partial charge >= 0.3 is 0 Å². The van der Waals surface area contributed by atoms with Gasteiger partial charge in [-0.25, -0.2) is 0 Å². The Labute approximate surface area is 176 Å². The largest absolute Gasteiger partial charge is 0.497 e. The summed E-state index contributed by atoms with van der Waals surface area (Å²) in [6.45, 7) is 2.73. The van der Waals surface area contributed by atoms with Crippen LogP contribution in [-0.4, -0.2) is 55.4 Å². The SMILES string of the molecule is CN=C(NCCCn1cccn1)NCCNC(=O)c1ccc(OC)cc1.I. The van der Waals surface area contributed by atoms with E-state index in [2.05, 4.69) is 26.0 Å². The van der Waals surface area contributed by atoms with E-state index in [1.807, 2.05) is 16.9 Å². The van der Waals surface area contributed by atoms with Crippen LogP contribution in [0.15, 0.2) is 47.7 Å². The normalized spacial score (nSPS) is 10.7. The minimum absolute atomic E-state index is 0. The van der Waals surface area contributed by atoms with E-state index in [0.29, 0.717) is 24.6 Å². The molecule has 1 aromatic heterocycles. The molecule has 0 saturated heterocycles. The number of guanidine groups is 1. The number of aryl methyl sites for hydroxylation is 1. The van der Waals surface area contributed by atoms with Crippen LogP contribution in [0.5, 0.6) is 5.75 Å². The molecule has 0 aliphatic heterocycles. The first-order valence-corrected chi connectivity index (χ1v) is 8.57. The fraction of sp³-hybridized carbons (Fsp3) is 0.389. The van der Waals surface area contributed by atoms with Crippen molar-refractivity contribution in [1.29, 1.82) is 0 Å². The minimum Gasteiger partial charge on any atom is -0.497 e. The molecule has 0 atom stereocenters. The van der Waals surface area contributed by atoms with Gasteiger partial charge in [-0.2, -0.15) is 5.10 Å². The molecular weight excluding hydrogens is 459 g/mol. The van der Waals surface area contributed by atoms with Crippen molar-refractivity contribution in [3.63, 3.8) is 0 Å². The second-order valence-electron chi connectivity index (χ2n) is 5.53. The summed E-state index contributed by atoms with van der Waals surface area (Å²) in [5.74, 6) is 1.33. The second kappa shape index (κ2) is 13.0. The number of nitrogens with zero attached hydrogens (tertiary/aromatic N) is 3. The lowest BCUT2D eigenvalue weighted by Crippen LogP contribution is -2.42. The summed E-state index contributed by atoms with van der Waals surface area (Å²) in [6, 6.07) is 8.92. The molecular formula is C18H27IN6O2. The number of methoxy groups -OCH3 is 1. The van der Waals surface area contributed by atoms with Crippen molar-refractivity contribution in [2.24, 2.45) is 4.99 Å². The Morgan fingerprint density at radius 1 is 1.15 bits per heavy atom. The first-order chi connectivity index (χ1) is 12.7. The Balaban J connectivity index is 0.00000364. The summed E-state index contributed by atoms with van der Waals surface area (Å²) < 4.78 is 6.98. The third-order valence-electron chi connectivity index (χ3n) is 3.69. The average Bonchev–Trinajstić information content (AvgIpc) is 3.20. The summed E-state index contributed by atoms with van der Waals surface area (Å²) in [7, 11) is 3.32. The van der Waals surface area contributed by atoms with Crippen molar-refractivity contribution in [3.8, 4) is 5.75 Å². The fourth-order valence-corrected chi connectivity index (χ4v) is 2.30. The van der Waals surface area contributed by atoms with Gasteiger partial charge in [0.15, 0.2) is 5.96 Å². The van der Waals surface area contributed by atoms with E-state index in [1.54, 1.807) is 44.6 Å². The molecule has 0 spiro atoms. The van der Waals surface area contributed by atoms with E-state index >= 15 is 0 Å². The van der Waals surface area contributed by atoms with Crippen LogP contribution >= 0.6 is 24.0 Å². The number of aromatic nitrogens is 2. The lowest BCUT2D eigenvalue weighted by molar-refractivity contribution is 0.0954. The molecule has 3 N–H and O–H groups in total. The van der Waals surface area contributed by atoms with Crippen LogP contribution in [0.25, 0.3) is 0 Å². The molecule has 0 radical (unpaired) electrons. The number of carbonyl (C=O) groups excluding carboxylic acids is 1. The third-order valence-corrected chi connectivity index (χ3v) is 3.69. The van der Waals surface area contributed by atoms with Gasteiger partial charge in [0.2, 0.25) is 0 Å². The molecule has 0 aliphatic rings. The average molecular weight is 486 g/mol. The highest BCUT2D eigenvalue weighted by atomic mass is 127. The third kappa shape index (κ3) is 8.29. The Morgan fingerprint density at radius 3 is 2.48 bits per heavy atom. The van der Waals surface area contributed by atoms with E-state index in [1.165, 1.54) is 0 Å². The van der Waals surface area contributed by atoms with Crippen molar-refractivity contribution in [1.82, 2.24) is 25.7 Å². The van der Waals surface area contributed by atoms with Crippen LogP contribution in [-0.2, 0) is 6.54 Å². The maximum absolute atomic E-state index is 12.0. The van der Waals surface area contributed by atoms with Gasteiger partial charge in [-0.3, -0.25) is 14.5 Å². The highest BCUT2D eigenvalue weighted by molar-refractivity contribution is 14.0. The summed E-state index contributed by atoms with van der Waals surface area (Å²) >= 11 is 0. The van der Waals surface area contributed by atoms with Crippen molar-refractivity contribution in [2.75, 3.05) is 33.8 Å². The maximum atomic E-state index is 12.0. The first-order valence-electron chi connectivity index (χ1n) is 8.57. The van der Waals surface area contributed by atoms with Crippen LogP contribution in [0.4, 0.5) is 0 Å². The molecule has 148 valence electrons. The van der Waals surface area contributed by atoms with Crippen molar-refractivity contribution in [3.05, 3.63) is 48.3 Å². The highest BCUT2D eigenvalue weighted by Gasteiger charge is 2.05. The lowest BCUT2D eigenvalue weighted by atomic mass is 10.2. The standard InChI is InChI=1S/C18H26N6O2.HI/c1-19-18(21-9-3-13-24-14-4-10-23-24)22-12-11-20-17(25)15-5-7-16(26-2)8-6-15;/h4-8,10,14H,3,9,11-13H2,1-2H3,(H,20,25)(H2,19,21,22);1H. The van der Waals surface area contributed by atoms with E-state index < -0.39 is 0 Å². The zero-order chi connectivity index (χ0) is 18.6. The highest BCUT2D eigenvalue weighted by Crippen LogP contribution is 2.10. The number of hydrogen-bond donors (Lipinski definition) is 3. The lowest BCUT2D eigenvalue weighted by Gasteiger charge is -2.12. The summed E-state index contributed by atoms with van der Waals surface area (Å²) in [5, 5.41) is 13.4. The second-order valence-corrected chi connectivity index (χ2v) is 5.53. The summed E-state index contributed by atoms with van der Waals surface area (Å²) in [4.78, 5) is 16.2. The van der Waals surface area contributed by atoms with Crippen molar-refractivity contribution in [2.45, 2.75) is 13.0 Å². The molecule has 1 amide bonds. The quantitative estimate of drug-likeness (QED) is 0.216. The number of halogens is 1. The Bertz CT molecular complexity index is 688. The van der Waals surface area contributed by atoms with Crippen LogP contribution in [0.3, 0.4) is 0 Å². The number of carbonyl (C=O) groups is 1. The molecule has 1 aromatic carbocycles. The molecule has 0 unspecified atom stereocenters. The Morgan fingerprint density at radius 2 is 1.85 bits per heavy atom. The molecule has 1 heterocycles. The van der Waals surface area contributed by atoms with E-state index in [9.17, 15) is 4.79 Å². The molecule has 0 aliphatic carbocycles. The smallest absolute Gasteiger partial charge is 0.251 e. The number of rotatable bonds is 9. The molecule has 27 heavy (non-hydrogen) atoms. The van der Waals surface area contributed by atoms with Gasteiger partial charge in [-0.1, -0.05) is 0 Å². The van der Waals surface area contributed by atoms with Crippen LogP contribution in [0.2, 0.25) is 0 Å². The molecule has 9 heteroatoms. The van der Waals surface area contributed by atoms with E-state index in [-0.39, 0.29) is 29.9 Å². The van der Waals surface area contributed by atoms with E-state index in [0.717, 1.165) is 25.3 Å². The zero-order valence-electron chi connectivity index (χ0n) is 15.6. The van der Waals surface area contributed by atoms with E-state index in [4.69, 9.17) is 4.74 Å². The maximum Gasteiger partial charge on any atom is 0.251 e. The number of nitrogens with one attached hydrogen (secondary N) is 3. The Kier molecular flexibility index (Phi) is 10.9. The molecule has 0 saturated carbocycles. The monoisotopic (exact) mass is 486 g/mol. The molecule has 2 aromatic rings. The topological polar surface area (TPSA) is 92.6 Å².